The standard InChI is InChI=1S/C14H14BrN/c1-10(16)11-2-4-12(5-3-11)13-6-8-14(15)9-7-13/h2-10H,16H2,1H3. The van der Waals surface area contributed by atoms with Crippen LogP contribution in [0.2, 0.25) is 0 Å². The zero-order chi connectivity index (χ0) is 11.5. The van der Waals surface area contributed by atoms with Gasteiger partial charge in [0.05, 0.1) is 0 Å². The van der Waals surface area contributed by atoms with Crippen molar-refractivity contribution in [3.8, 4) is 11.1 Å². The summed E-state index contributed by atoms with van der Waals surface area (Å²) in [6.45, 7) is 1.99. The molecule has 2 rings (SSSR count). The summed E-state index contributed by atoms with van der Waals surface area (Å²) >= 11 is 3.43. The van der Waals surface area contributed by atoms with Gasteiger partial charge in [-0.05, 0) is 35.7 Å². The van der Waals surface area contributed by atoms with E-state index in [-0.39, 0.29) is 6.04 Å². The number of halogens is 1. The van der Waals surface area contributed by atoms with Crippen molar-refractivity contribution in [2.24, 2.45) is 5.73 Å². The van der Waals surface area contributed by atoms with Crippen LogP contribution in [0, 0.1) is 0 Å². The second kappa shape index (κ2) is 4.81. The lowest BCUT2D eigenvalue weighted by Crippen LogP contribution is -2.04. The fourth-order valence-corrected chi connectivity index (χ4v) is 1.89. The molecule has 0 aliphatic carbocycles. The van der Waals surface area contributed by atoms with Gasteiger partial charge in [-0.2, -0.15) is 0 Å². The van der Waals surface area contributed by atoms with Gasteiger partial charge in [-0.1, -0.05) is 52.3 Å². The van der Waals surface area contributed by atoms with Crippen LogP contribution in [0.15, 0.2) is 53.0 Å². The molecule has 2 aromatic carbocycles. The van der Waals surface area contributed by atoms with Crippen LogP contribution >= 0.6 is 15.9 Å². The minimum atomic E-state index is 0.0963. The molecule has 0 saturated heterocycles. The SMILES string of the molecule is CC(N)c1ccc(-c2ccc(Br)cc2)cc1. The van der Waals surface area contributed by atoms with E-state index in [1.54, 1.807) is 0 Å². The average Bonchev–Trinajstić information content (AvgIpc) is 2.30. The molecule has 0 aromatic heterocycles. The Morgan fingerprint density at radius 1 is 0.875 bits per heavy atom. The Morgan fingerprint density at radius 2 is 1.31 bits per heavy atom. The molecule has 2 aromatic rings. The van der Waals surface area contributed by atoms with Gasteiger partial charge in [-0.15, -0.1) is 0 Å². The topological polar surface area (TPSA) is 26.0 Å². The second-order valence-electron chi connectivity index (χ2n) is 3.92. The van der Waals surface area contributed by atoms with E-state index < -0.39 is 0 Å². The first-order valence-electron chi connectivity index (χ1n) is 5.28. The van der Waals surface area contributed by atoms with Crippen LogP contribution in [0.4, 0.5) is 0 Å². The highest BCUT2D eigenvalue weighted by atomic mass is 79.9. The molecule has 0 bridgehead atoms. The van der Waals surface area contributed by atoms with Gasteiger partial charge in [0.25, 0.3) is 0 Å². The van der Waals surface area contributed by atoms with Crippen molar-refractivity contribution in [1.82, 2.24) is 0 Å². The van der Waals surface area contributed by atoms with E-state index in [9.17, 15) is 0 Å². The molecule has 0 radical (unpaired) electrons. The average molecular weight is 276 g/mol. The van der Waals surface area contributed by atoms with Crippen LogP contribution in [-0.2, 0) is 0 Å². The minimum absolute atomic E-state index is 0.0963. The maximum atomic E-state index is 5.82. The number of rotatable bonds is 2. The molecular formula is C14H14BrN. The van der Waals surface area contributed by atoms with Gasteiger partial charge in [0.1, 0.15) is 0 Å². The third-order valence-corrected chi connectivity index (χ3v) is 3.14. The van der Waals surface area contributed by atoms with Gasteiger partial charge < -0.3 is 5.73 Å². The van der Waals surface area contributed by atoms with Crippen LogP contribution in [0.1, 0.15) is 18.5 Å². The Bertz CT molecular complexity index is 457. The number of nitrogens with two attached hydrogens (primary N) is 1. The molecular weight excluding hydrogens is 262 g/mol. The maximum absolute atomic E-state index is 5.82. The molecule has 0 heterocycles. The van der Waals surface area contributed by atoms with Gasteiger partial charge in [-0.25, -0.2) is 0 Å². The third-order valence-electron chi connectivity index (χ3n) is 2.61. The number of benzene rings is 2. The van der Waals surface area contributed by atoms with Crippen molar-refractivity contribution in [2.75, 3.05) is 0 Å². The quantitative estimate of drug-likeness (QED) is 0.876. The second-order valence-corrected chi connectivity index (χ2v) is 4.83. The molecule has 0 fully saturated rings. The summed E-state index contributed by atoms with van der Waals surface area (Å²) in [5, 5.41) is 0. The summed E-state index contributed by atoms with van der Waals surface area (Å²) in [6.07, 6.45) is 0. The summed E-state index contributed by atoms with van der Waals surface area (Å²) in [5.74, 6) is 0. The smallest absolute Gasteiger partial charge is 0.0266 e. The van der Waals surface area contributed by atoms with Gasteiger partial charge in [0.2, 0.25) is 0 Å². The largest absolute Gasteiger partial charge is 0.324 e. The maximum Gasteiger partial charge on any atom is 0.0266 e. The highest BCUT2D eigenvalue weighted by Gasteiger charge is 2.00. The van der Waals surface area contributed by atoms with Crippen LogP contribution in [-0.4, -0.2) is 0 Å². The molecule has 82 valence electrons. The zero-order valence-corrected chi connectivity index (χ0v) is 10.7. The minimum Gasteiger partial charge on any atom is -0.324 e. The Balaban J connectivity index is 2.31. The van der Waals surface area contributed by atoms with E-state index in [0.717, 1.165) is 4.47 Å². The predicted molar refractivity (Wildman–Crippen MR) is 72.2 cm³/mol. The Labute approximate surface area is 104 Å². The summed E-state index contributed by atoms with van der Waals surface area (Å²) < 4.78 is 1.10. The van der Waals surface area contributed by atoms with Crippen molar-refractivity contribution in [2.45, 2.75) is 13.0 Å². The monoisotopic (exact) mass is 275 g/mol. The number of hydrogen-bond acceptors (Lipinski definition) is 1. The van der Waals surface area contributed by atoms with E-state index in [0.29, 0.717) is 0 Å². The van der Waals surface area contributed by atoms with Gasteiger partial charge in [0, 0.05) is 10.5 Å². The summed E-state index contributed by atoms with van der Waals surface area (Å²) in [5.41, 5.74) is 9.42. The first-order chi connectivity index (χ1) is 7.66. The van der Waals surface area contributed by atoms with Gasteiger partial charge in [0.15, 0.2) is 0 Å². The molecule has 1 unspecified atom stereocenters. The molecule has 2 N–H and O–H groups in total. The van der Waals surface area contributed by atoms with Crippen LogP contribution < -0.4 is 5.73 Å². The summed E-state index contributed by atoms with van der Waals surface area (Å²) in [7, 11) is 0. The zero-order valence-electron chi connectivity index (χ0n) is 9.15. The van der Waals surface area contributed by atoms with E-state index in [1.807, 2.05) is 6.92 Å². The van der Waals surface area contributed by atoms with Crippen molar-refractivity contribution >= 4 is 15.9 Å². The fourth-order valence-electron chi connectivity index (χ4n) is 1.62. The van der Waals surface area contributed by atoms with Crippen LogP contribution in [0.25, 0.3) is 11.1 Å². The Kier molecular flexibility index (Phi) is 3.42. The molecule has 0 spiro atoms. The van der Waals surface area contributed by atoms with Crippen LogP contribution in [0.5, 0.6) is 0 Å². The molecule has 1 nitrogen and oxygen atoms in total. The summed E-state index contributed by atoms with van der Waals surface area (Å²) in [4.78, 5) is 0. The van der Waals surface area contributed by atoms with Gasteiger partial charge in [-0.3, -0.25) is 0 Å². The fraction of sp³-hybridized carbons (Fsp3) is 0.143. The Morgan fingerprint density at radius 3 is 1.75 bits per heavy atom. The first-order valence-corrected chi connectivity index (χ1v) is 6.07. The normalized spacial score (nSPS) is 12.4. The molecule has 2 heteroatoms. The lowest BCUT2D eigenvalue weighted by atomic mass is 10.0. The molecule has 0 aliphatic heterocycles. The first kappa shape index (κ1) is 11.4. The highest BCUT2D eigenvalue weighted by Crippen LogP contribution is 2.23. The Hall–Kier alpha value is -1.12. The lowest BCUT2D eigenvalue weighted by molar-refractivity contribution is 0.818. The van der Waals surface area contributed by atoms with Crippen molar-refractivity contribution < 1.29 is 0 Å². The highest BCUT2D eigenvalue weighted by molar-refractivity contribution is 9.10. The molecule has 16 heavy (non-hydrogen) atoms. The lowest BCUT2D eigenvalue weighted by Gasteiger charge is -2.07. The van der Waals surface area contributed by atoms with E-state index in [4.69, 9.17) is 5.73 Å². The number of hydrogen-bond donors (Lipinski definition) is 1. The summed E-state index contributed by atoms with van der Waals surface area (Å²) in [6, 6.07) is 16.8. The van der Waals surface area contributed by atoms with E-state index >= 15 is 0 Å². The molecule has 0 amide bonds. The van der Waals surface area contributed by atoms with Crippen molar-refractivity contribution in [3.63, 3.8) is 0 Å². The third kappa shape index (κ3) is 2.52. The predicted octanol–water partition coefficient (Wildman–Crippen LogP) is 4.14. The van der Waals surface area contributed by atoms with Crippen molar-refractivity contribution in [1.29, 1.82) is 0 Å². The molecule has 1 atom stereocenters. The van der Waals surface area contributed by atoms with E-state index in [1.165, 1.54) is 16.7 Å². The van der Waals surface area contributed by atoms with Crippen LogP contribution in [0.3, 0.4) is 0 Å². The van der Waals surface area contributed by atoms with Gasteiger partial charge >= 0.3 is 0 Å². The molecule has 0 aliphatic rings. The van der Waals surface area contributed by atoms with Crippen molar-refractivity contribution in [3.05, 3.63) is 58.6 Å². The molecule has 0 saturated carbocycles. The van der Waals surface area contributed by atoms with E-state index in [2.05, 4.69) is 64.5 Å².